The smallest absolute Gasteiger partial charge is 0.299 e. The van der Waals surface area contributed by atoms with Crippen LogP contribution in [0.2, 0.25) is 0 Å². The highest BCUT2D eigenvalue weighted by atomic mass is 79.9. The van der Waals surface area contributed by atoms with Crippen molar-refractivity contribution in [3.8, 4) is 0 Å². The number of carbonyl (C=O) groups is 2. The molecular weight excluding hydrogens is 414 g/mol. The Morgan fingerprint density at radius 3 is 2.96 bits per heavy atom. The summed E-state index contributed by atoms with van der Waals surface area (Å²) in [5.74, 6) is -0.158. The molecule has 3 unspecified atom stereocenters. The molecule has 0 radical (unpaired) electrons. The fourth-order valence-corrected chi connectivity index (χ4v) is 4.51. The van der Waals surface area contributed by atoms with Gasteiger partial charge in [0.05, 0.1) is 19.0 Å². The maximum absolute atomic E-state index is 12.4. The van der Waals surface area contributed by atoms with E-state index in [1.807, 2.05) is 0 Å². The molecule has 3 atom stereocenters. The van der Waals surface area contributed by atoms with Crippen molar-refractivity contribution in [2.75, 3.05) is 19.6 Å². The summed E-state index contributed by atoms with van der Waals surface area (Å²) in [5, 5.41) is 11.1. The van der Waals surface area contributed by atoms with E-state index in [4.69, 9.17) is 11.8 Å². The number of allylic oxidation sites excluding steroid dienone is 1. The number of amides is 2. The zero-order chi connectivity index (χ0) is 17.8. The molecule has 10 heteroatoms. The quantitative estimate of drug-likeness (QED) is 0.456. The number of aliphatic imine (C=N–C) groups is 2. The van der Waals surface area contributed by atoms with E-state index in [1.165, 1.54) is 0 Å². The third kappa shape index (κ3) is 2.61. The molecule has 4 aliphatic heterocycles. The lowest BCUT2D eigenvalue weighted by atomic mass is 9.88. The SMILES string of the molecule is O=C([O-])N1CC(=O)N2CC(C3=C4C=NC=C[N+]4(Cl)C(Br)=N3)CCC2C1. The number of halogens is 2. The zero-order valence-corrected chi connectivity index (χ0v) is 15.5. The molecule has 0 N–H and O–H groups in total. The molecule has 0 spiro atoms. The normalized spacial score (nSPS) is 34.2. The maximum Gasteiger partial charge on any atom is 0.299 e. The number of fused-ring (bicyclic) bond motifs is 2. The van der Waals surface area contributed by atoms with Gasteiger partial charge in [-0.25, -0.2) is 0 Å². The molecule has 132 valence electrons. The van der Waals surface area contributed by atoms with Crippen molar-refractivity contribution in [1.82, 2.24) is 9.80 Å². The van der Waals surface area contributed by atoms with Crippen molar-refractivity contribution in [3.63, 3.8) is 0 Å². The molecular formula is C15H15BrClN5O3. The van der Waals surface area contributed by atoms with Gasteiger partial charge in [0.15, 0.2) is 11.8 Å². The zero-order valence-electron chi connectivity index (χ0n) is 13.1. The van der Waals surface area contributed by atoms with Gasteiger partial charge in [-0.2, -0.15) is 4.99 Å². The van der Waals surface area contributed by atoms with Gasteiger partial charge < -0.3 is 19.7 Å². The number of hydrogen-bond acceptors (Lipinski definition) is 5. The van der Waals surface area contributed by atoms with Crippen LogP contribution in [0.3, 0.4) is 0 Å². The standard InChI is InChI=1S/C15H15BrClN5O3/c16-14-19-13(11-5-18-3-4-22(11,14)17)9-1-2-10-7-20(15(24)25)8-12(23)21(10)6-9/h3-5,9-10H,1-2,6-8H2. The van der Waals surface area contributed by atoms with Crippen LogP contribution in [0.25, 0.3) is 0 Å². The van der Waals surface area contributed by atoms with E-state index >= 15 is 0 Å². The Hall–Kier alpha value is -1.71. The molecule has 0 aromatic heterocycles. The third-order valence-corrected chi connectivity index (χ3v) is 6.47. The van der Waals surface area contributed by atoms with Crippen LogP contribution in [0.4, 0.5) is 4.79 Å². The molecule has 4 rings (SSSR count). The number of piperidine rings is 1. The monoisotopic (exact) mass is 427 g/mol. The van der Waals surface area contributed by atoms with Crippen LogP contribution in [0.1, 0.15) is 12.8 Å². The Balaban J connectivity index is 1.58. The first-order chi connectivity index (χ1) is 11.9. The van der Waals surface area contributed by atoms with Crippen LogP contribution in [0, 0.1) is 5.92 Å². The molecule has 2 amide bonds. The Labute approximate surface area is 157 Å². The molecule has 0 bridgehead atoms. The first-order valence-electron chi connectivity index (χ1n) is 7.94. The molecule has 4 heterocycles. The van der Waals surface area contributed by atoms with E-state index in [-0.39, 0.29) is 28.4 Å². The van der Waals surface area contributed by atoms with E-state index in [9.17, 15) is 14.7 Å². The minimum Gasteiger partial charge on any atom is -0.530 e. The van der Waals surface area contributed by atoms with Gasteiger partial charge in [0, 0.05) is 41.0 Å². The van der Waals surface area contributed by atoms with E-state index < -0.39 is 6.09 Å². The molecule has 0 aliphatic carbocycles. The van der Waals surface area contributed by atoms with Gasteiger partial charge >= 0.3 is 0 Å². The van der Waals surface area contributed by atoms with Gasteiger partial charge in [0.1, 0.15) is 18.0 Å². The van der Waals surface area contributed by atoms with Crippen LogP contribution in [-0.4, -0.2) is 62.4 Å². The van der Waals surface area contributed by atoms with Crippen molar-refractivity contribution in [1.29, 1.82) is 0 Å². The highest BCUT2D eigenvalue weighted by Gasteiger charge is 2.48. The second kappa shape index (κ2) is 5.93. The minimum atomic E-state index is -1.29. The predicted molar refractivity (Wildman–Crippen MR) is 92.3 cm³/mol. The molecule has 4 aliphatic rings. The van der Waals surface area contributed by atoms with Crippen LogP contribution >= 0.6 is 27.7 Å². The first-order valence-corrected chi connectivity index (χ1v) is 9.07. The molecule has 0 aromatic carbocycles. The number of piperazine rings is 1. The Bertz CT molecular complexity index is 779. The molecule has 2 fully saturated rings. The largest absolute Gasteiger partial charge is 0.530 e. The first kappa shape index (κ1) is 16.7. The van der Waals surface area contributed by atoms with Gasteiger partial charge in [-0.3, -0.25) is 9.79 Å². The summed E-state index contributed by atoms with van der Waals surface area (Å²) < 4.78 is 0.488. The average Bonchev–Trinajstić information content (AvgIpc) is 2.86. The molecule has 25 heavy (non-hydrogen) atoms. The van der Waals surface area contributed by atoms with Gasteiger partial charge in [0.2, 0.25) is 11.6 Å². The van der Waals surface area contributed by atoms with Crippen LogP contribution in [-0.2, 0) is 4.79 Å². The van der Waals surface area contributed by atoms with Crippen LogP contribution < -0.4 is 5.11 Å². The predicted octanol–water partition coefficient (Wildman–Crippen LogP) is 0.755. The lowest BCUT2D eigenvalue weighted by Crippen LogP contribution is -2.62. The molecule has 0 saturated carbocycles. The summed E-state index contributed by atoms with van der Waals surface area (Å²) >= 11 is 10.0. The van der Waals surface area contributed by atoms with Crippen molar-refractivity contribution < 1.29 is 18.7 Å². The lowest BCUT2D eigenvalue weighted by molar-refractivity contribution is -0.595. The van der Waals surface area contributed by atoms with E-state index in [1.54, 1.807) is 23.5 Å². The number of hydrogen-bond donors (Lipinski definition) is 0. The fourth-order valence-electron chi connectivity index (χ4n) is 3.79. The van der Waals surface area contributed by atoms with Crippen molar-refractivity contribution in [2.24, 2.45) is 15.9 Å². The number of carboxylic acid groups (broad SMARTS) is 1. The summed E-state index contributed by atoms with van der Waals surface area (Å²) in [7, 11) is 0. The second-order valence-electron chi connectivity index (χ2n) is 6.48. The molecule has 8 nitrogen and oxygen atoms in total. The Kier molecular flexibility index (Phi) is 3.97. The topological polar surface area (TPSA) is 88.4 Å². The van der Waals surface area contributed by atoms with Gasteiger partial charge in [-0.15, -0.1) is 4.00 Å². The van der Waals surface area contributed by atoms with Gasteiger partial charge in [-0.1, -0.05) is 0 Å². The molecule has 2 saturated heterocycles. The summed E-state index contributed by atoms with van der Waals surface area (Å²) in [6.45, 7) is 0.658. The van der Waals surface area contributed by atoms with E-state index in [0.29, 0.717) is 24.3 Å². The van der Waals surface area contributed by atoms with Crippen molar-refractivity contribution >= 4 is 50.7 Å². The van der Waals surface area contributed by atoms with Crippen molar-refractivity contribution in [2.45, 2.75) is 18.9 Å². The third-order valence-electron chi connectivity index (χ3n) is 5.08. The van der Waals surface area contributed by atoms with E-state index in [2.05, 4.69) is 25.9 Å². The lowest BCUT2D eigenvalue weighted by Gasteiger charge is -2.46. The summed E-state index contributed by atoms with van der Waals surface area (Å²) in [5.41, 5.74) is 1.60. The highest BCUT2D eigenvalue weighted by molar-refractivity contribution is 9.18. The van der Waals surface area contributed by atoms with Crippen molar-refractivity contribution in [3.05, 3.63) is 23.8 Å². The minimum absolute atomic E-state index is 0.0361. The van der Waals surface area contributed by atoms with Crippen LogP contribution in [0.5, 0.6) is 0 Å². The summed E-state index contributed by atoms with van der Waals surface area (Å²) in [6, 6.07) is -0.106. The van der Waals surface area contributed by atoms with Gasteiger partial charge in [-0.05, 0) is 12.8 Å². The number of quaternary nitrogens is 1. The van der Waals surface area contributed by atoms with Crippen LogP contribution in [0.15, 0.2) is 33.8 Å². The summed E-state index contributed by atoms with van der Waals surface area (Å²) in [6.07, 6.45) is 5.26. The number of nitrogens with zero attached hydrogens (tertiary/aromatic N) is 5. The number of carbonyl (C=O) groups excluding carboxylic acids is 2. The second-order valence-corrected chi connectivity index (χ2v) is 7.73. The summed E-state index contributed by atoms with van der Waals surface area (Å²) in [4.78, 5) is 35.0. The highest BCUT2D eigenvalue weighted by Crippen LogP contribution is 2.42. The average molecular weight is 429 g/mol. The Morgan fingerprint density at radius 1 is 1.40 bits per heavy atom. The Morgan fingerprint density at radius 2 is 2.20 bits per heavy atom. The maximum atomic E-state index is 12.4. The fraction of sp³-hybridized carbons (Fsp3) is 0.467. The number of amidine groups is 1. The number of rotatable bonds is 1. The molecule has 0 aromatic rings. The van der Waals surface area contributed by atoms with E-state index in [0.717, 1.165) is 22.7 Å². The van der Waals surface area contributed by atoms with Gasteiger partial charge in [0.25, 0.3) is 4.74 Å².